The van der Waals surface area contributed by atoms with Gasteiger partial charge in [-0.25, -0.2) is 4.98 Å². The number of rotatable bonds is 6. The molecule has 0 bridgehead atoms. The molecular formula is C23H20N2OS. The number of nitrogens with zero attached hydrogens (tertiary/aromatic N) is 1. The molecule has 0 aliphatic rings. The Hall–Kier alpha value is -2.98. The number of hydrogen-bond donors (Lipinski definition) is 1. The number of para-hydroxylation sites is 2. The molecule has 0 aliphatic carbocycles. The molecule has 0 radical (unpaired) electrons. The molecule has 0 aliphatic heterocycles. The maximum atomic E-state index is 12.4. The molecule has 1 heterocycles. The summed E-state index contributed by atoms with van der Waals surface area (Å²) in [6, 6.07) is 26.2. The van der Waals surface area contributed by atoms with E-state index >= 15 is 0 Å². The average molecular weight is 372 g/mol. The summed E-state index contributed by atoms with van der Waals surface area (Å²) in [7, 11) is 0. The second kappa shape index (κ2) is 8.14. The van der Waals surface area contributed by atoms with Crippen molar-refractivity contribution < 1.29 is 4.79 Å². The SMILES string of the molecule is O=C(CCCc1nc2ccccc2s1)Nc1ccccc1-c1ccccc1. The van der Waals surface area contributed by atoms with Crippen molar-refractivity contribution >= 4 is 33.1 Å². The summed E-state index contributed by atoms with van der Waals surface area (Å²) in [6.45, 7) is 0. The predicted octanol–water partition coefficient (Wildman–Crippen LogP) is 5.92. The van der Waals surface area contributed by atoms with Crippen LogP contribution in [0.15, 0.2) is 78.9 Å². The first-order valence-corrected chi connectivity index (χ1v) is 9.90. The van der Waals surface area contributed by atoms with Gasteiger partial charge in [0, 0.05) is 17.7 Å². The molecule has 0 saturated carbocycles. The summed E-state index contributed by atoms with van der Waals surface area (Å²) in [5.74, 6) is 0.0412. The van der Waals surface area contributed by atoms with Crippen LogP contribution < -0.4 is 5.32 Å². The van der Waals surface area contributed by atoms with Crippen molar-refractivity contribution in [1.82, 2.24) is 4.98 Å². The summed E-state index contributed by atoms with van der Waals surface area (Å²) in [5, 5.41) is 4.16. The summed E-state index contributed by atoms with van der Waals surface area (Å²) in [5.41, 5.74) is 4.04. The number of aromatic nitrogens is 1. The van der Waals surface area contributed by atoms with Crippen LogP contribution in [0, 0.1) is 0 Å². The molecule has 1 aromatic heterocycles. The molecule has 4 rings (SSSR count). The second-order valence-electron chi connectivity index (χ2n) is 6.39. The zero-order valence-corrected chi connectivity index (χ0v) is 15.7. The molecule has 134 valence electrons. The first-order chi connectivity index (χ1) is 13.3. The Labute approximate surface area is 162 Å². The fourth-order valence-electron chi connectivity index (χ4n) is 3.10. The van der Waals surface area contributed by atoms with Gasteiger partial charge in [0.25, 0.3) is 0 Å². The van der Waals surface area contributed by atoms with E-state index in [1.165, 1.54) is 4.70 Å². The van der Waals surface area contributed by atoms with Crippen LogP contribution in [0.2, 0.25) is 0 Å². The number of aryl methyl sites for hydroxylation is 1. The second-order valence-corrected chi connectivity index (χ2v) is 7.50. The van der Waals surface area contributed by atoms with Crippen LogP contribution in [0.3, 0.4) is 0 Å². The van der Waals surface area contributed by atoms with E-state index in [9.17, 15) is 4.79 Å². The number of fused-ring (bicyclic) bond motifs is 1. The summed E-state index contributed by atoms with van der Waals surface area (Å²) < 4.78 is 1.20. The number of hydrogen-bond acceptors (Lipinski definition) is 3. The van der Waals surface area contributed by atoms with Gasteiger partial charge in [-0.2, -0.15) is 0 Å². The largest absolute Gasteiger partial charge is 0.326 e. The number of carbonyl (C=O) groups excluding carboxylic acids is 1. The van der Waals surface area contributed by atoms with Gasteiger partial charge in [0.1, 0.15) is 0 Å². The highest BCUT2D eigenvalue weighted by atomic mass is 32.1. The topological polar surface area (TPSA) is 42.0 Å². The Kier molecular flexibility index (Phi) is 5.26. The number of nitrogens with one attached hydrogen (secondary N) is 1. The Balaban J connectivity index is 1.37. The van der Waals surface area contributed by atoms with Crippen LogP contribution in [0.5, 0.6) is 0 Å². The number of benzene rings is 3. The van der Waals surface area contributed by atoms with Gasteiger partial charge in [-0.1, -0.05) is 60.7 Å². The predicted molar refractivity (Wildman–Crippen MR) is 113 cm³/mol. The van der Waals surface area contributed by atoms with Gasteiger partial charge in [-0.15, -0.1) is 11.3 Å². The normalized spacial score (nSPS) is 10.8. The fourth-order valence-corrected chi connectivity index (χ4v) is 4.11. The quantitative estimate of drug-likeness (QED) is 0.456. The molecule has 1 amide bonds. The highest BCUT2D eigenvalue weighted by Gasteiger charge is 2.09. The lowest BCUT2D eigenvalue weighted by Crippen LogP contribution is -2.12. The van der Waals surface area contributed by atoms with E-state index in [2.05, 4.69) is 28.5 Å². The lowest BCUT2D eigenvalue weighted by molar-refractivity contribution is -0.116. The van der Waals surface area contributed by atoms with E-state index < -0.39 is 0 Å². The molecule has 0 unspecified atom stereocenters. The molecule has 1 N–H and O–H groups in total. The zero-order chi connectivity index (χ0) is 18.5. The van der Waals surface area contributed by atoms with Gasteiger partial charge in [-0.3, -0.25) is 4.79 Å². The van der Waals surface area contributed by atoms with Crippen LogP contribution >= 0.6 is 11.3 Å². The maximum Gasteiger partial charge on any atom is 0.224 e. The highest BCUT2D eigenvalue weighted by molar-refractivity contribution is 7.18. The van der Waals surface area contributed by atoms with Crippen molar-refractivity contribution in [1.29, 1.82) is 0 Å². The van der Waals surface area contributed by atoms with E-state index in [-0.39, 0.29) is 5.91 Å². The molecular weight excluding hydrogens is 352 g/mol. The minimum absolute atomic E-state index is 0.0412. The van der Waals surface area contributed by atoms with Gasteiger partial charge >= 0.3 is 0 Å². The van der Waals surface area contributed by atoms with Gasteiger partial charge in [0.15, 0.2) is 0 Å². The van der Waals surface area contributed by atoms with Gasteiger partial charge in [0.2, 0.25) is 5.91 Å². The summed E-state index contributed by atoms with van der Waals surface area (Å²) in [4.78, 5) is 17.1. The van der Waals surface area contributed by atoms with Crippen molar-refractivity contribution in [3.63, 3.8) is 0 Å². The van der Waals surface area contributed by atoms with Gasteiger partial charge in [0.05, 0.1) is 15.2 Å². The Morgan fingerprint density at radius 2 is 1.63 bits per heavy atom. The van der Waals surface area contributed by atoms with E-state index in [0.717, 1.165) is 40.2 Å². The Morgan fingerprint density at radius 1 is 0.889 bits per heavy atom. The minimum Gasteiger partial charge on any atom is -0.326 e. The van der Waals surface area contributed by atoms with E-state index in [1.807, 2.05) is 60.7 Å². The van der Waals surface area contributed by atoms with Crippen molar-refractivity contribution in [2.24, 2.45) is 0 Å². The molecule has 4 aromatic rings. The maximum absolute atomic E-state index is 12.4. The summed E-state index contributed by atoms with van der Waals surface area (Å²) >= 11 is 1.71. The molecule has 27 heavy (non-hydrogen) atoms. The van der Waals surface area contributed by atoms with Gasteiger partial charge < -0.3 is 5.32 Å². The van der Waals surface area contributed by atoms with E-state index in [1.54, 1.807) is 11.3 Å². The number of thiazole rings is 1. The van der Waals surface area contributed by atoms with Crippen molar-refractivity contribution in [3.05, 3.63) is 83.9 Å². The number of anilines is 1. The third-order valence-electron chi connectivity index (χ3n) is 4.42. The van der Waals surface area contributed by atoms with Crippen LogP contribution in [0.1, 0.15) is 17.8 Å². The Morgan fingerprint density at radius 3 is 2.48 bits per heavy atom. The molecule has 0 saturated heterocycles. The minimum atomic E-state index is 0.0412. The monoisotopic (exact) mass is 372 g/mol. The standard InChI is InChI=1S/C23H20N2OS/c26-22(15-8-16-23-25-20-13-6-7-14-21(20)27-23)24-19-12-5-4-11-18(19)17-9-2-1-3-10-17/h1-7,9-14H,8,15-16H2,(H,24,26). The molecule has 0 spiro atoms. The lowest BCUT2D eigenvalue weighted by Gasteiger charge is -2.11. The number of amides is 1. The third kappa shape index (κ3) is 4.23. The van der Waals surface area contributed by atoms with Crippen LogP contribution in [-0.2, 0) is 11.2 Å². The zero-order valence-electron chi connectivity index (χ0n) is 14.9. The van der Waals surface area contributed by atoms with Crippen LogP contribution in [0.25, 0.3) is 21.3 Å². The van der Waals surface area contributed by atoms with Crippen molar-refractivity contribution in [3.8, 4) is 11.1 Å². The summed E-state index contributed by atoms with van der Waals surface area (Å²) in [6.07, 6.45) is 2.10. The lowest BCUT2D eigenvalue weighted by atomic mass is 10.0. The molecule has 4 heteroatoms. The van der Waals surface area contributed by atoms with Gasteiger partial charge in [-0.05, 0) is 36.6 Å². The van der Waals surface area contributed by atoms with E-state index in [0.29, 0.717) is 6.42 Å². The molecule has 0 atom stereocenters. The van der Waals surface area contributed by atoms with Crippen molar-refractivity contribution in [2.45, 2.75) is 19.3 Å². The first kappa shape index (κ1) is 17.4. The highest BCUT2D eigenvalue weighted by Crippen LogP contribution is 2.28. The molecule has 3 aromatic carbocycles. The van der Waals surface area contributed by atoms with Crippen LogP contribution in [-0.4, -0.2) is 10.9 Å². The number of carbonyl (C=O) groups is 1. The van der Waals surface area contributed by atoms with Crippen molar-refractivity contribution in [2.75, 3.05) is 5.32 Å². The third-order valence-corrected chi connectivity index (χ3v) is 5.51. The first-order valence-electron chi connectivity index (χ1n) is 9.08. The van der Waals surface area contributed by atoms with E-state index in [4.69, 9.17) is 0 Å². The Bertz CT molecular complexity index is 1020. The molecule has 3 nitrogen and oxygen atoms in total. The molecule has 0 fully saturated rings. The average Bonchev–Trinajstić information content (AvgIpc) is 3.12. The van der Waals surface area contributed by atoms with Crippen LogP contribution in [0.4, 0.5) is 5.69 Å². The fraction of sp³-hybridized carbons (Fsp3) is 0.130. The smallest absolute Gasteiger partial charge is 0.224 e.